The highest BCUT2D eigenvalue weighted by molar-refractivity contribution is 4.95. The summed E-state index contributed by atoms with van der Waals surface area (Å²) in [7, 11) is 0. The molecule has 1 nitrogen and oxygen atoms in total. The second-order valence-electron chi connectivity index (χ2n) is 5.46. The molecule has 0 aromatic rings. The molecule has 0 radical (unpaired) electrons. The number of hydrogen-bond acceptors (Lipinski definition) is 1. The van der Waals surface area contributed by atoms with Crippen molar-refractivity contribution in [1.82, 2.24) is 0 Å². The van der Waals surface area contributed by atoms with Gasteiger partial charge in [0.2, 0.25) is 0 Å². The van der Waals surface area contributed by atoms with E-state index in [0.29, 0.717) is 5.41 Å². The Bertz CT molecular complexity index is 190. The number of rotatable bonds is 0. The van der Waals surface area contributed by atoms with Gasteiger partial charge in [-0.3, -0.25) is 0 Å². The van der Waals surface area contributed by atoms with E-state index in [9.17, 15) is 5.11 Å². The van der Waals surface area contributed by atoms with Crippen LogP contribution in [0.5, 0.6) is 0 Å². The van der Waals surface area contributed by atoms with Gasteiger partial charge in [-0.1, -0.05) is 26.7 Å². The minimum Gasteiger partial charge on any atom is -0.393 e. The van der Waals surface area contributed by atoms with Gasteiger partial charge in [-0.2, -0.15) is 0 Å². The lowest BCUT2D eigenvalue weighted by molar-refractivity contribution is -0.0403. The Morgan fingerprint density at radius 2 is 2.00 bits per heavy atom. The van der Waals surface area contributed by atoms with Gasteiger partial charge in [-0.25, -0.2) is 0 Å². The SMILES string of the molecule is C[C@@H]1CCCC2C[C@H](O)CC[C@]21C. The molecule has 4 atom stereocenters. The summed E-state index contributed by atoms with van der Waals surface area (Å²) in [6.45, 7) is 4.86. The molecule has 1 unspecified atom stereocenters. The van der Waals surface area contributed by atoms with Crippen molar-refractivity contribution in [2.45, 2.75) is 58.5 Å². The highest BCUT2D eigenvalue weighted by Gasteiger charge is 2.44. The third-order valence-electron chi connectivity index (χ3n) is 4.82. The average molecular weight is 182 g/mol. The normalized spacial score (nSPS) is 51.5. The molecule has 0 aliphatic heterocycles. The molecule has 2 fully saturated rings. The van der Waals surface area contributed by atoms with Crippen molar-refractivity contribution < 1.29 is 5.11 Å². The Morgan fingerprint density at radius 1 is 1.23 bits per heavy atom. The van der Waals surface area contributed by atoms with Gasteiger partial charge in [0.15, 0.2) is 0 Å². The third kappa shape index (κ3) is 1.52. The quantitative estimate of drug-likeness (QED) is 0.610. The van der Waals surface area contributed by atoms with Crippen LogP contribution in [-0.2, 0) is 0 Å². The summed E-state index contributed by atoms with van der Waals surface area (Å²) < 4.78 is 0. The zero-order chi connectivity index (χ0) is 9.47. The van der Waals surface area contributed by atoms with Crippen LogP contribution in [0.25, 0.3) is 0 Å². The summed E-state index contributed by atoms with van der Waals surface area (Å²) in [6, 6.07) is 0. The number of aliphatic hydroxyl groups excluding tert-OH is 1. The van der Waals surface area contributed by atoms with Crippen LogP contribution in [0.2, 0.25) is 0 Å². The van der Waals surface area contributed by atoms with Crippen LogP contribution in [0.1, 0.15) is 52.4 Å². The number of fused-ring (bicyclic) bond motifs is 1. The van der Waals surface area contributed by atoms with E-state index in [0.717, 1.165) is 24.7 Å². The van der Waals surface area contributed by atoms with Crippen LogP contribution in [0.4, 0.5) is 0 Å². The first-order chi connectivity index (χ1) is 6.13. The molecule has 0 saturated heterocycles. The number of hydrogen-bond donors (Lipinski definition) is 1. The standard InChI is InChI=1S/C12H22O/c1-9-4-3-5-10-8-11(13)6-7-12(9,10)2/h9-11,13H,3-8H2,1-2H3/t9-,10?,11-,12+/m1/s1. The first-order valence-corrected chi connectivity index (χ1v) is 5.81. The topological polar surface area (TPSA) is 20.2 Å². The van der Waals surface area contributed by atoms with Crippen molar-refractivity contribution in [2.75, 3.05) is 0 Å². The van der Waals surface area contributed by atoms with Gasteiger partial charge in [-0.15, -0.1) is 0 Å². The van der Waals surface area contributed by atoms with Crippen LogP contribution < -0.4 is 0 Å². The van der Waals surface area contributed by atoms with E-state index in [1.165, 1.54) is 25.7 Å². The van der Waals surface area contributed by atoms with Crippen molar-refractivity contribution >= 4 is 0 Å². The summed E-state index contributed by atoms with van der Waals surface area (Å²) in [5, 5.41) is 9.65. The molecule has 0 bridgehead atoms. The maximum Gasteiger partial charge on any atom is 0.0543 e. The van der Waals surface area contributed by atoms with E-state index < -0.39 is 0 Å². The molecule has 13 heavy (non-hydrogen) atoms. The lowest BCUT2D eigenvalue weighted by atomic mass is 9.55. The Morgan fingerprint density at radius 3 is 2.77 bits per heavy atom. The maximum absolute atomic E-state index is 9.65. The summed E-state index contributed by atoms with van der Waals surface area (Å²) in [5.74, 6) is 1.68. The minimum atomic E-state index is 0.00312. The summed E-state index contributed by atoms with van der Waals surface area (Å²) >= 11 is 0. The van der Waals surface area contributed by atoms with Gasteiger partial charge in [0.25, 0.3) is 0 Å². The average Bonchev–Trinajstić information content (AvgIpc) is 2.09. The van der Waals surface area contributed by atoms with E-state index in [-0.39, 0.29) is 6.10 Å². The summed E-state index contributed by atoms with van der Waals surface area (Å²) in [6.07, 6.45) is 7.51. The summed E-state index contributed by atoms with van der Waals surface area (Å²) in [4.78, 5) is 0. The van der Waals surface area contributed by atoms with Crippen molar-refractivity contribution in [3.05, 3.63) is 0 Å². The smallest absolute Gasteiger partial charge is 0.0543 e. The molecular weight excluding hydrogens is 160 g/mol. The Labute approximate surface area is 81.5 Å². The highest BCUT2D eigenvalue weighted by atomic mass is 16.3. The predicted molar refractivity (Wildman–Crippen MR) is 54.5 cm³/mol. The Balaban J connectivity index is 2.13. The van der Waals surface area contributed by atoms with E-state index in [2.05, 4.69) is 13.8 Å². The molecule has 1 N–H and O–H groups in total. The lowest BCUT2D eigenvalue weighted by Gasteiger charge is -2.50. The zero-order valence-corrected chi connectivity index (χ0v) is 8.92. The predicted octanol–water partition coefficient (Wildman–Crippen LogP) is 2.97. The fourth-order valence-electron chi connectivity index (χ4n) is 3.49. The van der Waals surface area contributed by atoms with E-state index in [1.807, 2.05) is 0 Å². The molecule has 0 aromatic heterocycles. The highest BCUT2D eigenvalue weighted by Crippen LogP contribution is 2.52. The van der Waals surface area contributed by atoms with Gasteiger partial charge < -0.3 is 5.11 Å². The molecule has 2 aliphatic carbocycles. The largest absolute Gasteiger partial charge is 0.393 e. The molecule has 0 spiro atoms. The summed E-state index contributed by atoms with van der Waals surface area (Å²) in [5.41, 5.74) is 0.553. The van der Waals surface area contributed by atoms with Gasteiger partial charge in [0, 0.05) is 0 Å². The molecule has 0 heterocycles. The second-order valence-corrected chi connectivity index (χ2v) is 5.46. The second kappa shape index (κ2) is 3.27. The minimum absolute atomic E-state index is 0.00312. The fraction of sp³-hybridized carbons (Fsp3) is 1.00. The van der Waals surface area contributed by atoms with Gasteiger partial charge in [-0.05, 0) is 42.9 Å². The molecular formula is C12H22O. The Hall–Kier alpha value is -0.0400. The lowest BCUT2D eigenvalue weighted by Crippen LogP contribution is -2.43. The molecule has 76 valence electrons. The van der Waals surface area contributed by atoms with Crippen molar-refractivity contribution in [3.63, 3.8) is 0 Å². The van der Waals surface area contributed by atoms with Crippen molar-refractivity contribution in [2.24, 2.45) is 17.3 Å². The number of aliphatic hydroxyl groups is 1. The Kier molecular flexibility index (Phi) is 2.39. The maximum atomic E-state index is 9.65. The first kappa shape index (κ1) is 9.51. The molecule has 2 saturated carbocycles. The van der Waals surface area contributed by atoms with Gasteiger partial charge in [0.1, 0.15) is 0 Å². The monoisotopic (exact) mass is 182 g/mol. The van der Waals surface area contributed by atoms with E-state index >= 15 is 0 Å². The molecule has 0 aromatic carbocycles. The van der Waals surface area contributed by atoms with E-state index in [1.54, 1.807) is 0 Å². The zero-order valence-electron chi connectivity index (χ0n) is 8.92. The van der Waals surface area contributed by atoms with Crippen molar-refractivity contribution in [3.8, 4) is 0 Å². The third-order valence-corrected chi connectivity index (χ3v) is 4.82. The van der Waals surface area contributed by atoms with Gasteiger partial charge >= 0.3 is 0 Å². The molecule has 2 aliphatic rings. The van der Waals surface area contributed by atoms with E-state index in [4.69, 9.17) is 0 Å². The van der Waals surface area contributed by atoms with Gasteiger partial charge in [0.05, 0.1) is 6.10 Å². The van der Waals surface area contributed by atoms with Crippen LogP contribution in [0.3, 0.4) is 0 Å². The van der Waals surface area contributed by atoms with Crippen LogP contribution in [-0.4, -0.2) is 11.2 Å². The van der Waals surface area contributed by atoms with Crippen LogP contribution in [0, 0.1) is 17.3 Å². The van der Waals surface area contributed by atoms with Crippen molar-refractivity contribution in [1.29, 1.82) is 0 Å². The van der Waals surface area contributed by atoms with Crippen LogP contribution >= 0.6 is 0 Å². The fourth-order valence-corrected chi connectivity index (χ4v) is 3.49. The van der Waals surface area contributed by atoms with Crippen LogP contribution in [0.15, 0.2) is 0 Å². The molecule has 0 amide bonds. The first-order valence-electron chi connectivity index (χ1n) is 5.81. The molecule has 1 heteroatoms. The molecule has 2 rings (SSSR count).